The van der Waals surface area contributed by atoms with Gasteiger partial charge >= 0.3 is 0 Å². The molecular weight excluding hydrogens is 830 g/mol. The van der Waals surface area contributed by atoms with E-state index in [1.807, 2.05) is 30.5 Å². The summed E-state index contributed by atoms with van der Waals surface area (Å²) in [5.41, 5.74) is 12.9. The zero-order chi connectivity index (χ0) is 37.0. The fourth-order valence-corrected chi connectivity index (χ4v) is 6.70. The van der Waals surface area contributed by atoms with Gasteiger partial charge in [-0.05, 0) is 74.9 Å². The second-order valence-corrected chi connectivity index (χ2v) is 17.0. The number of hydrogen-bond acceptors (Lipinski definition) is 3. The molecule has 0 fully saturated rings. The predicted octanol–water partition coefficient (Wildman–Crippen LogP) is 12.5. The maximum absolute atomic E-state index is 11.2. The first-order valence-corrected chi connectivity index (χ1v) is 18.1. The molecule has 0 unspecified atom stereocenters. The average Bonchev–Trinajstić information content (AvgIpc) is 3.50. The third-order valence-corrected chi connectivity index (χ3v) is 9.91. The van der Waals surface area contributed by atoms with Crippen LogP contribution >= 0.6 is 0 Å². The molecule has 0 aliphatic heterocycles. The van der Waals surface area contributed by atoms with Crippen molar-refractivity contribution in [3.05, 3.63) is 144 Å². The van der Waals surface area contributed by atoms with E-state index in [0.717, 1.165) is 50.2 Å². The van der Waals surface area contributed by atoms with E-state index in [1.165, 1.54) is 16.7 Å². The van der Waals surface area contributed by atoms with E-state index in [1.54, 1.807) is 6.07 Å². The number of para-hydroxylation sites is 2. The van der Waals surface area contributed by atoms with Gasteiger partial charge in [0.1, 0.15) is 11.6 Å². The van der Waals surface area contributed by atoms with Crippen molar-refractivity contribution >= 4 is 11.0 Å². The largest absolute Gasteiger partial charge is 0.507 e. The van der Waals surface area contributed by atoms with Crippen LogP contribution in [-0.4, -0.2) is 19.6 Å². The van der Waals surface area contributed by atoms with Gasteiger partial charge in [-0.2, -0.15) is 0 Å². The molecule has 2 heterocycles. The molecule has 0 atom stereocenters. The Bertz CT molecular complexity index is 2390. The van der Waals surface area contributed by atoms with E-state index in [-0.39, 0.29) is 43.1 Å². The van der Waals surface area contributed by atoms with Crippen molar-refractivity contribution in [3.63, 3.8) is 0 Å². The fourth-order valence-electron chi connectivity index (χ4n) is 6.70. The smallest absolute Gasteiger partial charge is 0.148 e. The zero-order valence-electron chi connectivity index (χ0n) is 32.2. The molecule has 0 bridgehead atoms. The van der Waals surface area contributed by atoms with Gasteiger partial charge in [0.2, 0.25) is 0 Å². The maximum Gasteiger partial charge on any atom is 0.148 e. The Kier molecular flexibility index (Phi) is 10.2. The van der Waals surface area contributed by atoms with E-state index in [9.17, 15) is 5.11 Å². The SMILES string of the molecule is CC(C)(C)c1cc(-c2cc(-c3ccccc3)ccn2)[c-]c(-c2cccc3c2nc(-c2ccccc2O)n3-c2cc(C(C)(C)C)cc(C(C)(C)C)c2)c1.[Pt]. The Hall–Kier alpha value is -4.79. The molecule has 1 N–H and O–H groups in total. The summed E-state index contributed by atoms with van der Waals surface area (Å²) >= 11 is 0. The van der Waals surface area contributed by atoms with Gasteiger partial charge in [0.15, 0.2) is 0 Å². The summed E-state index contributed by atoms with van der Waals surface area (Å²) in [6.07, 6.45) is 1.88. The molecule has 7 aromatic rings. The summed E-state index contributed by atoms with van der Waals surface area (Å²) in [7, 11) is 0. The second-order valence-electron chi connectivity index (χ2n) is 17.0. The number of aromatic nitrogens is 3. The second kappa shape index (κ2) is 14.2. The van der Waals surface area contributed by atoms with Gasteiger partial charge in [-0.25, -0.2) is 4.98 Å². The van der Waals surface area contributed by atoms with Crippen LogP contribution in [0.5, 0.6) is 5.75 Å². The van der Waals surface area contributed by atoms with Gasteiger partial charge in [0, 0.05) is 38.6 Å². The number of aromatic hydroxyl groups is 1. The van der Waals surface area contributed by atoms with Crippen molar-refractivity contribution in [2.75, 3.05) is 0 Å². The van der Waals surface area contributed by atoms with Gasteiger partial charge in [0.25, 0.3) is 0 Å². The molecule has 4 nitrogen and oxygen atoms in total. The van der Waals surface area contributed by atoms with Crippen molar-refractivity contribution < 1.29 is 26.2 Å². The van der Waals surface area contributed by atoms with Crippen LogP contribution in [0.4, 0.5) is 0 Å². The zero-order valence-corrected chi connectivity index (χ0v) is 34.4. The first-order chi connectivity index (χ1) is 24.6. The first kappa shape index (κ1) is 37.9. The minimum Gasteiger partial charge on any atom is -0.507 e. The summed E-state index contributed by atoms with van der Waals surface area (Å²) in [4.78, 5) is 10.2. The van der Waals surface area contributed by atoms with E-state index in [2.05, 4.69) is 158 Å². The Morgan fingerprint density at radius 2 is 1.15 bits per heavy atom. The number of nitrogens with zero attached hydrogens (tertiary/aromatic N) is 3. The Morgan fingerprint density at radius 1 is 0.566 bits per heavy atom. The van der Waals surface area contributed by atoms with Crippen LogP contribution < -0.4 is 0 Å². The predicted molar refractivity (Wildman–Crippen MR) is 217 cm³/mol. The molecule has 0 aliphatic rings. The first-order valence-electron chi connectivity index (χ1n) is 18.1. The third kappa shape index (κ3) is 7.66. The topological polar surface area (TPSA) is 50.9 Å². The summed E-state index contributed by atoms with van der Waals surface area (Å²) in [5, 5.41) is 11.2. The fraction of sp³-hybridized carbons (Fsp3) is 0.250. The van der Waals surface area contributed by atoms with Crippen LogP contribution in [0.1, 0.15) is 79.0 Å². The van der Waals surface area contributed by atoms with Gasteiger partial charge in [0.05, 0.1) is 16.6 Å². The number of phenols is 1. The van der Waals surface area contributed by atoms with Crippen molar-refractivity contribution in [2.24, 2.45) is 0 Å². The molecule has 0 spiro atoms. The summed E-state index contributed by atoms with van der Waals surface area (Å²) in [6, 6.07) is 43.6. The van der Waals surface area contributed by atoms with Crippen LogP contribution in [-0.2, 0) is 37.3 Å². The van der Waals surface area contributed by atoms with E-state index < -0.39 is 0 Å². The number of hydrogen-bond donors (Lipinski definition) is 1. The quantitative estimate of drug-likeness (QED) is 0.175. The number of pyridine rings is 1. The molecule has 2 aromatic heterocycles. The molecule has 53 heavy (non-hydrogen) atoms. The molecule has 5 aromatic carbocycles. The molecule has 0 saturated carbocycles. The maximum atomic E-state index is 11.2. The minimum absolute atomic E-state index is 0. The van der Waals surface area contributed by atoms with Crippen LogP contribution in [0, 0.1) is 6.07 Å². The van der Waals surface area contributed by atoms with Crippen LogP contribution in [0.3, 0.4) is 0 Å². The van der Waals surface area contributed by atoms with Crippen molar-refractivity contribution in [1.29, 1.82) is 0 Å². The van der Waals surface area contributed by atoms with E-state index in [4.69, 9.17) is 9.97 Å². The number of rotatable bonds is 5. The monoisotopic (exact) mass is 877 g/mol. The van der Waals surface area contributed by atoms with Gasteiger partial charge in [-0.1, -0.05) is 140 Å². The summed E-state index contributed by atoms with van der Waals surface area (Å²) < 4.78 is 2.22. The summed E-state index contributed by atoms with van der Waals surface area (Å²) in [5.74, 6) is 0.882. The van der Waals surface area contributed by atoms with Gasteiger partial charge in [-0.3, -0.25) is 9.55 Å². The normalized spacial score (nSPS) is 12.2. The third-order valence-electron chi connectivity index (χ3n) is 9.91. The molecule has 272 valence electrons. The number of phenolic OH excluding ortho intramolecular Hbond substituents is 1. The number of imidazole rings is 1. The van der Waals surface area contributed by atoms with Crippen LogP contribution in [0.2, 0.25) is 0 Å². The minimum atomic E-state index is -0.124. The molecule has 0 amide bonds. The van der Waals surface area contributed by atoms with E-state index >= 15 is 0 Å². The molecular formula is C48H48N3OPt-. The molecule has 5 heteroatoms. The van der Waals surface area contributed by atoms with Crippen molar-refractivity contribution in [3.8, 4) is 56.3 Å². The average molecular weight is 878 g/mol. The summed E-state index contributed by atoms with van der Waals surface area (Å²) in [6.45, 7) is 20.3. The van der Waals surface area contributed by atoms with Crippen LogP contribution in [0.25, 0.3) is 61.6 Å². The standard InChI is InChI=1S/C48H48N3O.Pt/c1-46(2,3)35-25-33(24-34(26-35)41-27-32(22-23-49-41)31-16-11-10-12-17-31)39-19-15-20-42-44(39)50-45(40-18-13-14-21-43(40)52)51(42)38-29-36(47(4,5)6)28-37(30-38)48(7,8)9;/h10-23,25-30,52H,1-9H3;/q-1;. The number of benzene rings is 5. The van der Waals surface area contributed by atoms with Gasteiger partial charge < -0.3 is 5.11 Å². The van der Waals surface area contributed by atoms with Gasteiger partial charge in [-0.15, -0.1) is 29.3 Å². The van der Waals surface area contributed by atoms with Crippen LogP contribution in [0.15, 0.2) is 121 Å². The van der Waals surface area contributed by atoms with Crippen molar-refractivity contribution in [1.82, 2.24) is 14.5 Å². The Morgan fingerprint density at radius 3 is 1.79 bits per heavy atom. The van der Waals surface area contributed by atoms with E-state index in [0.29, 0.717) is 11.4 Å². The molecule has 0 aliphatic carbocycles. The van der Waals surface area contributed by atoms with Crippen molar-refractivity contribution in [2.45, 2.75) is 78.6 Å². The Balaban J connectivity index is 0.00000481. The molecule has 7 rings (SSSR count). The molecule has 0 radical (unpaired) electrons. The Labute approximate surface area is 329 Å². The number of fused-ring (bicyclic) bond motifs is 1. The molecule has 0 saturated heterocycles.